The molecule has 0 fully saturated rings. The molecule has 0 aliphatic rings. The maximum Gasteiger partial charge on any atom is 0.247 e. The number of imidazole rings is 1. The highest BCUT2D eigenvalue weighted by Gasteiger charge is 2.06. The van der Waals surface area contributed by atoms with Gasteiger partial charge in [0, 0.05) is 12.0 Å². The van der Waals surface area contributed by atoms with Gasteiger partial charge in [0.1, 0.15) is 0 Å². The highest BCUT2D eigenvalue weighted by Crippen LogP contribution is 2.18. The Labute approximate surface area is 127 Å². The van der Waals surface area contributed by atoms with E-state index in [1.807, 2.05) is 38.1 Å². The van der Waals surface area contributed by atoms with Gasteiger partial charge in [-0.1, -0.05) is 19.1 Å². The summed E-state index contributed by atoms with van der Waals surface area (Å²) in [5.41, 5.74) is 8.37. The first kappa shape index (κ1) is 14.0. The highest BCUT2D eigenvalue weighted by molar-refractivity contribution is 5.80. The first-order valence-corrected chi connectivity index (χ1v) is 6.94. The van der Waals surface area contributed by atoms with Crippen LogP contribution in [0.2, 0.25) is 0 Å². The molecule has 2 N–H and O–H groups in total. The molecule has 0 spiro atoms. The van der Waals surface area contributed by atoms with Crippen LogP contribution in [0.5, 0.6) is 0 Å². The fourth-order valence-electron chi connectivity index (χ4n) is 1.95. The van der Waals surface area contributed by atoms with E-state index < -0.39 is 0 Å². The number of nitrogens with zero attached hydrogens (tertiary/aromatic N) is 5. The van der Waals surface area contributed by atoms with Crippen molar-refractivity contribution in [2.45, 2.75) is 20.3 Å². The number of hydrogen-bond donors (Lipinski definition) is 1. The molecule has 2 heterocycles. The van der Waals surface area contributed by atoms with E-state index in [9.17, 15) is 0 Å². The first-order valence-electron chi connectivity index (χ1n) is 6.94. The summed E-state index contributed by atoms with van der Waals surface area (Å²) in [5.74, 6) is 1.52. The number of aryl methyl sites for hydroxylation is 2. The van der Waals surface area contributed by atoms with Crippen molar-refractivity contribution in [2.75, 3.05) is 5.73 Å². The third kappa shape index (κ3) is 2.88. The molecular formula is C15H16N6O. The van der Waals surface area contributed by atoms with Crippen LogP contribution in [0.15, 0.2) is 40.0 Å². The van der Waals surface area contributed by atoms with Crippen molar-refractivity contribution in [1.82, 2.24) is 19.9 Å². The Morgan fingerprint density at radius 3 is 2.64 bits per heavy atom. The van der Waals surface area contributed by atoms with Gasteiger partial charge in [-0.2, -0.15) is 5.10 Å². The summed E-state index contributed by atoms with van der Waals surface area (Å²) in [4.78, 5) is 4.09. The molecular weight excluding hydrogens is 280 g/mol. The second kappa shape index (κ2) is 5.80. The molecule has 0 aliphatic heterocycles. The van der Waals surface area contributed by atoms with Gasteiger partial charge >= 0.3 is 0 Å². The molecule has 0 atom stereocenters. The van der Waals surface area contributed by atoms with Gasteiger partial charge in [0.25, 0.3) is 0 Å². The van der Waals surface area contributed by atoms with Gasteiger partial charge in [0.2, 0.25) is 17.7 Å². The molecule has 3 aromatic rings. The highest BCUT2D eigenvalue weighted by atomic mass is 16.4. The van der Waals surface area contributed by atoms with E-state index in [4.69, 9.17) is 10.2 Å². The summed E-state index contributed by atoms with van der Waals surface area (Å²) in [6.07, 6.45) is 4.21. The van der Waals surface area contributed by atoms with Crippen molar-refractivity contribution in [3.05, 3.63) is 47.6 Å². The Morgan fingerprint density at radius 1 is 1.27 bits per heavy atom. The van der Waals surface area contributed by atoms with E-state index in [0.29, 0.717) is 17.7 Å². The van der Waals surface area contributed by atoms with Crippen molar-refractivity contribution in [1.29, 1.82) is 0 Å². The summed E-state index contributed by atoms with van der Waals surface area (Å²) in [6.45, 7) is 3.84. The van der Waals surface area contributed by atoms with Crippen LogP contribution in [-0.4, -0.2) is 26.1 Å². The van der Waals surface area contributed by atoms with Crippen molar-refractivity contribution >= 4 is 12.2 Å². The zero-order chi connectivity index (χ0) is 15.5. The van der Waals surface area contributed by atoms with E-state index in [2.05, 4.69) is 20.3 Å². The maximum atomic E-state index is 5.73. The second-order valence-corrected chi connectivity index (χ2v) is 4.81. The monoisotopic (exact) mass is 296 g/mol. The average Bonchev–Trinajstić information content (AvgIpc) is 3.12. The smallest absolute Gasteiger partial charge is 0.247 e. The molecule has 0 unspecified atom stereocenters. The van der Waals surface area contributed by atoms with E-state index >= 15 is 0 Å². The summed E-state index contributed by atoms with van der Waals surface area (Å²) in [5, 5.41) is 12.2. The Hall–Kier alpha value is -2.96. The number of hydrogen-bond acceptors (Lipinski definition) is 6. The molecule has 7 heteroatoms. The van der Waals surface area contributed by atoms with Gasteiger partial charge < -0.3 is 10.2 Å². The van der Waals surface area contributed by atoms with Crippen LogP contribution in [0.1, 0.15) is 24.1 Å². The molecule has 0 saturated heterocycles. The SMILES string of the molecule is CCc1nnc(-c2ccc(C=Nn3cc(C)nc3N)cc2)o1. The molecule has 112 valence electrons. The van der Waals surface area contributed by atoms with Crippen molar-refractivity contribution in [3.63, 3.8) is 0 Å². The third-order valence-electron chi connectivity index (χ3n) is 3.09. The van der Waals surface area contributed by atoms with Crippen molar-refractivity contribution in [3.8, 4) is 11.5 Å². The van der Waals surface area contributed by atoms with Crippen molar-refractivity contribution in [2.24, 2.45) is 5.10 Å². The minimum atomic E-state index is 0.364. The predicted octanol–water partition coefficient (Wildman–Crippen LogP) is 2.27. The number of rotatable bonds is 4. The minimum Gasteiger partial charge on any atom is -0.421 e. The molecule has 0 saturated carbocycles. The van der Waals surface area contributed by atoms with Crippen LogP contribution < -0.4 is 5.73 Å². The molecule has 22 heavy (non-hydrogen) atoms. The lowest BCUT2D eigenvalue weighted by atomic mass is 10.1. The summed E-state index contributed by atoms with van der Waals surface area (Å²) in [6, 6.07) is 7.68. The molecule has 3 rings (SSSR count). The Balaban J connectivity index is 1.78. The van der Waals surface area contributed by atoms with Crippen LogP contribution in [0.25, 0.3) is 11.5 Å². The molecule has 0 bridgehead atoms. The van der Waals surface area contributed by atoms with E-state index in [1.54, 1.807) is 12.4 Å². The van der Waals surface area contributed by atoms with E-state index in [-0.39, 0.29) is 0 Å². The van der Waals surface area contributed by atoms with Gasteiger partial charge in [-0.25, -0.2) is 9.66 Å². The minimum absolute atomic E-state index is 0.364. The van der Waals surface area contributed by atoms with E-state index in [1.165, 1.54) is 4.68 Å². The van der Waals surface area contributed by atoms with Crippen LogP contribution in [-0.2, 0) is 6.42 Å². The summed E-state index contributed by atoms with van der Waals surface area (Å²) < 4.78 is 7.06. The lowest BCUT2D eigenvalue weighted by Gasteiger charge is -1.97. The number of benzene rings is 1. The third-order valence-corrected chi connectivity index (χ3v) is 3.09. The molecule has 0 amide bonds. The van der Waals surface area contributed by atoms with Crippen molar-refractivity contribution < 1.29 is 4.42 Å². The summed E-state index contributed by atoms with van der Waals surface area (Å²) >= 11 is 0. The molecule has 2 aromatic heterocycles. The van der Waals surface area contributed by atoms with Gasteiger partial charge in [0.15, 0.2) is 0 Å². The quantitative estimate of drug-likeness (QED) is 0.745. The summed E-state index contributed by atoms with van der Waals surface area (Å²) in [7, 11) is 0. The largest absolute Gasteiger partial charge is 0.421 e. The molecule has 0 radical (unpaired) electrons. The Bertz CT molecular complexity index is 800. The number of aromatic nitrogens is 4. The first-order chi connectivity index (χ1) is 10.7. The number of nitrogens with two attached hydrogens (primary N) is 1. The molecule has 1 aromatic carbocycles. The Kier molecular flexibility index (Phi) is 3.69. The normalized spacial score (nSPS) is 11.4. The lowest BCUT2D eigenvalue weighted by Crippen LogP contribution is -1.96. The lowest BCUT2D eigenvalue weighted by molar-refractivity contribution is 0.513. The predicted molar refractivity (Wildman–Crippen MR) is 83.5 cm³/mol. The zero-order valence-electron chi connectivity index (χ0n) is 12.4. The second-order valence-electron chi connectivity index (χ2n) is 4.81. The standard InChI is InChI=1S/C15H16N6O/c1-3-13-19-20-14(22-13)12-6-4-11(5-7-12)8-17-21-9-10(2)18-15(21)16/h4-9H,3H2,1-2H3,(H2,16,18). The average molecular weight is 296 g/mol. The van der Waals surface area contributed by atoms with Gasteiger partial charge in [-0.05, 0) is 24.6 Å². The number of anilines is 1. The van der Waals surface area contributed by atoms with Crippen LogP contribution in [0.4, 0.5) is 5.95 Å². The van der Waals surface area contributed by atoms with E-state index in [0.717, 1.165) is 23.2 Å². The Morgan fingerprint density at radius 2 is 2.05 bits per heavy atom. The maximum absolute atomic E-state index is 5.73. The van der Waals surface area contributed by atoms with Gasteiger partial charge in [-0.3, -0.25) is 0 Å². The molecule has 0 aliphatic carbocycles. The van der Waals surface area contributed by atoms with Crippen LogP contribution in [0.3, 0.4) is 0 Å². The van der Waals surface area contributed by atoms with Gasteiger partial charge in [-0.15, -0.1) is 10.2 Å². The fourth-order valence-corrected chi connectivity index (χ4v) is 1.95. The zero-order valence-corrected chi connectivity index (χ0v) is 12.4. The molecule has 7 nitrogen and oxygen atoms in total. The fraction of sp³-hybridized carbons (Fsp3) is 0.200. The number of nitrogen functional groups attached to an aromatic ring is 1. The van der Waals surface area contributed by atoms with Crippen LogP contribution in [0, 0.1) is 6.92 Å². The van der Waals surface area contributed by atoms with Gasteiger partial charge in [0.05, 0.1) is 18.1 Å². The van der Waals surface area contributed by atoms with Crippen LogP contribution >= 0.6 is 0 Å². The topological polar surface area (TPSA) is 95.1 Å².